The van der Waals surface area contributed by atoms with Gasteiger partial charge in [-0.1, -0.05) is 0 Å². The molecule has 0 spiro atoms. The monoisotopic (exact) mass is 280 g/mol. The molecule has 0 aliphatic carbocycles. The Bertz CT molecular complexity index is 284. The van der Waals surface area contributed by atoms with E-state index in [-0.39, 0.29) is 13.0 Å². The minimum Gasteiger partial charge on any atom is -0.391 e. The average molecular weight is 280 g/mol. The molecule has 0 aromatic rings. The molecule has 1 saturated heterocycles. The van der Waals surface area contributed by atoms with Gasteiger partial charge in [-0.15, -0.1) is 0 Å². The second-order valence-corrected chi connectivity index (χ2v) is 4.56. The Morgan fingerprint density at radius 1 is 1.32 bits per heavy atom. The molecule has 0 amide bonds. The van der Waals surface area contributed by atoms with Crippen molar-refractivity contribution in [1.29, 1.82) is 0 Å². The van der Waals surface area contributed by atoms with Crippen LogP contribution in [0.2, 0.25) is 0 Å². The number of carbonyl (C=O) groups is 1. The van der Waals surface area contributed by atoms with Gasteiger partial charge in [-0.05, 0) is 6.92 Å². The van der Waals surface area contributed by atoms with E-state index in [2.05, 4.69) is 0 Å². The minimum atomic E-state index is -1.52. The lowest BCUT2D eigenvalue weighted by atomic mass is 10.0. The summed E-state index contributed by atoms with van der Waals surface area (Å²) in [5.74, 6) is 0. The summed E-state index contributed by atoms with van der Waals surface area (Å²) in [6, 6.07) is 0. The van der Waals surface area contributed by atoms with Crippen LogP contribution in [0.4, 0.5) is 0 Å². The third kappa shape index (κ3) is 4.18. The lowest BCUT2D eigenvalue weighted by Crippen LogP contribution is -2.56. The smallest absolute Gasteiger partial charge is 0.186 e. The Balaban J connectivity index is 2.66. The van der Waals surface area contributed by atoms with Crippen LogP contribution in [-0.4, -0.2) is 81.3 Å². The fourth-order valence-corrected chi connectivity index (χ4v) is 1.81. The quantitative estimate of drug-likeness (QED) is 0.328. The van der Waals surface area contributed by atoms with Crippen molar-refractivity contribution < 1.29 is 39.8 Å². The number of aliphatic hydroxyl groups is 5. The van der Waals surface area contributed by atoms with E-state index in [0.717, 1.165) is 0 Å². The summed E-state index contributed by atoms with van der Waals surface area (Å²) in [4.78, 5) is 10.3. The van der Waals surface area contributed by atoms with Gasteiger partial charge in [-0.3, -0.25) is 0 Å². The summed E-state index contributed by atoms with van der Waals surface area (Å²) in [6.07, 6.45) is -8.83. The fourth-order valence-electron chi connectivity index (χ4n) is 1.81. The predicted octanol–water partition coefficient (Wildman–Crippen LogP) is -2.86. The molecule has 0 unspecified atom stereocenters. The van der Waals surface area contributed by atoms with E-state index in [1.54, 1.807) is 0 Å². The van der Waals surface area contributed by atoms with Gasteiger partial charge in [0.15, 0.2) is 6.29 Å². The topological polar surface area (TPSA) is 137 Å². The van der Waals surface area contributed by atoms with E-state index in [4.69, 9.17) is 9.47 Å². The summed E-state index contributed by atoms with van der Waals surface area (Å²) in [7, 11) is 0. The number of hydrogen-bond donors (Lipinski definition) is 5. The van der Waals surface area contributed by atoms with Crippen molar-refractivity contribution in [1.82, 2.24) is 0 Å². The number of hydrogen-bond acceptors (Lipinski definition) is 8. The third-order valence-corrected chi connectivity index (χ3v) is 2.94. The lowest BCUT2D eigenvalue weighted by Gasteiger charge is -2.38. The predicted molar refractivity (Wildman–Crippen MR) is 61.0 cm³/mol. The molecule has 0 saturated carbocycles. The minimum absolute atomic E-state index is 0.246. The maximum absolute atomic E-state index is 10.3. The second kappa shape index (κ2) is 7.25. The maximum atomic E-state index is 10.3. The number of rotatable bonds is 6. The first-order valence-corrected chi connectivity index (χ1v) is 5.99. The number of aldehydes is 1. The molecule has 8 heteroatoms. The maximum Gasteiger partial charge on any atom is 0.186 e. The number of carbonyl (C=O) groups excluding carboxylic acids is 1. The van der Waals surface area contributed by atoms with Crippen molar-refractivity contribution in [3.8, 4) is 0 Å². The van der Waals surface area contributed by atoms with Crippen molar-refractivity contribution in [2.45, 2.75) is 56.3 Å². The van der Waals surface area contributed by atoms with Gasteiger partial charge in [0, 0.05) is 6.42 Å². The zero-order valence-electron chi connectivity index (χ0n) is 10.5. The Hall–Kier alpha value is -0.610. The molecule has 0 radical (unpaired) electrons. The van der Waals surface area contributed by atoms with Crippen molar-refractivity contribution in [2.24, 2.45) is 0 Å². The molecule has 112 valence electrons. The largest absolute Gasteiger partial charge is 0.391 e. The molecule has 8 nitrogen and oxygen atoms in total. The van der Waals surface area contributed by atoms with E-state index in [9.17, 15) is 30.3 Å². The van der Waals surface area contributed by atoms with Gasteiger partial charge >= 0.3 is 0 Å². The van der Waals surface area contributed by atoms with Crippen LogP contribution in [0.3, 0.4) is 0 Å². The van der Waals surface area contributed by atoms with E-state index in [1.807, 2.05) is 0 Å². The second-order valence-electron chi connectivity index (χ2n) is 4.56. The zero-order chi connectivity index (χ0) is 14.6. The summed E-state index contributed by atoms with van der Waals surface area (Å²) >= 11 is 0. The van der Waals surface area contributed by atoms with Gasteiger partial charge < -0.3 is 39.8 Å². The average Bonchev–Trinajstić information content (AvgIpc) is 2.35. The standard InChI is InChI=1S/C11H20O8/c1-5(13)10(6(14)2-3-12)19-11-9(17)8(16)7(15)4-18-11/h3,5-11,13-17H,2,4H2,1H3/t5-,6+,7-,8+,9-,10-,11+/m1/s1. The van der Waals surface area contributed by atoms with Gasteiger partial charge in [0.1, 0.15) is 30.7 Å². The molecular formula is C11H20O8. The van der Waals surface area contributed by atoms with Crippen molar-refractivity contribution >= 4 is 6.29 Å². The first kappa shape index (κ1) is 16.4. The third-order valence-electron chi connectivity index (χ3n) is 2.94. The fraction of sp³-hybridized carbons (Fsp3) is 0.909. The summed E-state index contributed by atoms with van der Waals surface area (Å²) in [5.41, 5.74) is 0. The molecule has 1 aliphatic heterocycles. The summed E-state index contributed by atoms with van der Waals surface area (Å²) < 4.78 is 10.2. The highest BCUT2D eigenvalue weighted by molar-refractivity contribution is 5.50. The van der Waals surface area contributed by atoms with Crippen molar-refractivity contribution in [3.63, 3.8) is 0 Å². The van der Waals surface area contributed by atoms with Crippen LogP contribution in [0.15, 0.2) is 0 Å². The van der Waals surface area contributed by atoms with Crippen molar-refractivity contribution in [3.05, 3.63) is 0 Å². The van der Waals surface area contributed by atoms with Crippen molar-refractivity contribution in [2.75, 3.05) is 6.61 Å². The Morgan fingerprint density at radius 3 is 2.47 bits per heavy atom. The highest BCUT2D eigenvalue weighted by atomic mass is 16.7. The molecule has 1 aliphatic rings. The first-order valence-electron chi connectivity index (χ1n) is 5.99. The molecule has 5 N–H and O–H groups in total. The van der Waals surface area contributed by atoms with Crippen LogP contribution in [0, 0.1) is 0 Å². The normalized spacial score (nSPS) is 36.5. The van der Waals surface area contributed by atoms with Gasteiger partial charge in [0.2, 0.25) is 0 Å². The van der Waals surface area contributed by atoms with Crippen LogP contribution < -0.4 is 0 Å². The zero-order valence-corrected chi connectivity index (χ0v) is 10.5. The first-order chi connectivity index (χ1) is 8.88. The van der Waals surface area contributed by atoms with Gasteiger partial charge in [-0.25, -0.2) is 0 Å². The van der Waals surface area contributed by atoms with Gasteiger partial charge in [0.05, 0.1) is 18.8 Å². The van der Waals surface area contributed by atoms with Crippen LogP contribution in [0.5, 0.6) is 0 Å². The molecule has 0 bridgehead atoms. The molecule has 7 atom stereocenters. The Morgan fingerprint density at radius 2 is 1.95 bits per heavy atom. The highest BCUT2D eigenvalue weighted by Gasteiger charge is 2.41. The summed E-state index contributed by atoms with van der Waals surface area (Å²) in [5, 5.41) is 47.5. The molecule has 1 heterocycles. The van der Waals surface area contributed by atoms with Gasteiger partial charge in [0.25, 0.3) is 0 Å². The van der Waals surface area contributed by atoms with Crippen LogP contribution in [-0.2, 0) is 14.3 Å². The van der Waals surface area contributed by atoms with E-state index in [1.165, 1.54) is 6.92 Å². The number of aliphatic hydroxyl groups excluding tert-OH is 5. The molecule has 1 fully saturated rings. The molecular weight excluding hydrogens is 260 g/mol. The van der Waals surface area contributed by atoms with Crippen LogP contribution in [0.25, 0.3) is 0 Å². The summed E-state index contributed by atoms with van der Waals surface area (Å²) in [6.45, 7) is 1.10. The Labute approximate surface area is 110 Å². The number of ether oxygens (including phenoxy) is 2. The molecule has 0 aromatic heterocycles. The van der Waals surface area contributed by atoms with Gasteiger partial charge in [-0.2, -0.15) is 0 Å². The van der Waals surface area contributed by atoms with E-state index < -0.39 is 42.9 Å². The molecule has 19 heavy (non-hydrogen) atoms. The van der Waals surface area contributed by atoms with Crippen LogP contribution >= 0.6 is 0 Å². The Kier molecular flexibility index (Phi) is 6.27. The molecule has 1 rings (SSSR count). The highest BCUT2D eigenvalue weighted by Crippen LogP contribution is 2.20. The van der Waals surface area contributed by atoms with Crippen LogP contribution in [0.1, 0.15) is 13.3 Å². The SMILES string of the molecule is C[C@@H](O)[C@@H](O[C@@H]1OC[C@@H](O)[C@H](O)[C@H]1O)[C@@H](O)CC=O. The van der Waals surface area contributed by atoms with E-state index >= 15 is 0 Å². The molecule has 0 aromatic carbocycles. The lowest BCUT2D eigenvalue weighted by molar-refractivity contribution is -0.297. The van der Waals surface area contributed by atoms with E-state index in [0.29, 0.717) is 6.29 Å².